The Hall–Kier alpha value is -1.49. The van der Waals surface area contributed by atoms with Crippen molar-refractivity contribution in [3.8, 4) is 11.3 Å². The van der Waals surface area contributed by atoms with E-state index in [2.05, 4.69) is 4.98 Å². The average Bonchev–Trinajstić information content (AvgIpc) is 2.70. The molecule has 1 heterocycles. The zero-order chi connectivity index (χ0) is 13.3. The van der Waals surface area contributed by atoms with E-state index in [1.165, 1.54) is 10.9 Å². The zero-order valence-corrected chi connectivity index (χ0v) is 10.2. The lowest BCUT2D eigenvalue weighted by Gasteiger charge is -2.14. The quantitative estimate of drug-likeness (QED) is 0.759. The minimum Gasteiger partial charge on any atom is -0.333 e. The van der Waals surface area contributed by atoms with Crippen LogP contribution in [0.25, 0.3) is 11.3 Å². The third kappa shape index (κ3) is 2.36. The van der Waals surface area contributed by atoms with E-state index in [1.807, 2.05) is 0 Å². The standard InChI is InChI=1S/C12H10ClF3N2/c1-18-7-17-9(11(13)12(14,15)16)10(18)8-5-3-2-4-6-8/h2-7,11H,1H3. The minimum absolute atomic E-state index is 0.169. The van der Waals surface area contributed by atoms with E-state index >= 15 is 0 Å². The zero-order valence-electron chi connectivity index (χ0n) is 9.45. The Morgan fingerprint density at radius 1 is 1.22 bits per heavy atom. The van der Waals surface area contributed by atoms with Gasteiger partial charge in [0.05, 0.1) is 17.7 Å². The molecule has 0 saturated heterocycles. The molecule has 96 valence electrons. The highest BCUT2D eigenvalue weighted by atomic mass is 35.5. The number of alkyl halides is 4. The van der Waals surface area contributed by atoms with E-state index < -0.39 is 11.6 Å². The van der Waals surface area contributed by atoms with Crippen LogP contribution in [0.3, 0.4) is 0 Å². The van der Waals surface area contributed by atoms with Crippen molar-refractivity contribution in [1.82, 2.24) is 9.55 Å². The van der Waals surface area contributed by atoms with Gasteiger partial charge in [0, 0.05) is 12.6 Å². The molecule has 0 amide bonds. The van der Waals surface area contributed by atoms with Gasteiger partial charge in [-0.05, 0) is 0 Å². The summed E-state index contributed by atoms with van der Waals surface area (Å²) in [7, 11) is 1.64. The highest BCUT2D eigenvalue weighted by molar-refractivity contribution is 6.21. The number of hydrogen-bond acceptors (Lipinski definition) is 1. The Bertz CT molecular complexity index is 534. The van der Waals surface area contributed by atoms with Crippen LogP contribution in [0, 0.1) is 0 Å². The number of imidazole rings is 1. The van der Waals surface area contributed by atoms with Gasteiger partial charge in [0.25, 0.3) is 0 Å². The summed E-state index contributed by atoms with van der Waals surface area (Å²) in [5.41, 5.74) is 0.869. The summed E-state index contributed by atoms with van der Waals surface area (Å²) in [6.07, 6.45) is -3.18. The van der Waals surface area contributed by atoms with Gasteiger partial charge in [-0.1, -0.05) is 30.3 Å². The molecule has 0 radical (unpaired) electrons. The molecule has 1 unspecified atom stereocenters. The summed E-state index contributed by atoms with van der Waals surface area (Å²) in [6, 6.07) is 8.74. The number of aryl methyl sites for hydroxylation is 1. The van der Waals surface area contributed by atoms with E-state index in [-0.39, 0.29) is 5.69 Å². The molecule has 1 atom stereocenters. The van der Waals surface area contributed by atoms with Crippen LogP contribution in [0.5, 0.6) is 0 Å². The molecule has 0 bridgehead atoms. The first-order valence-electron chi connectivity index (χ1n) is 5.18. The second-order valence-electron chi connectivity index (χ2n) is 3.86. The predicted molar refractivity (Wildman–Crippen MR) is 63.3 cm³/mol. The van der Waals surface area contributed by atoms with Crippen LogP contribution >= 0.6 is 11.6 Å². The van der Waals surface area contributed by atoms with Crippen LogP contribution in [-0.4, -0.2) is 15.7 Å². The molecule has 0 aliphatic rings. The maximum atomic E-state index is 12.7. The molecule has 0 N–H and O–H groups in total. The number of rotatable bonds is 2. The Kier molecular flexibility index (Phi) is 3.34. The lowest BCUT2D eigenvalue weighted by molar-refractivity contribution is -0.132. The van der Waals surface area contributed by atoms with E-state index in [9.17, 15) is 13.2 Å². The summed E-state index contributed by atoms with van der Waals surface area (Å²) < 4.78 is 39.5. The summed E-state index contributed by atoms with van der Waals surface area (Å²) in [4.78, 5) is 3.77. The van der Waals surface area contributed by atoms with Gasteiger partial charge < -0.3 is 4.57 Å². The van der Waals surface area contributed by atoms with Gasteiger partial charge in [-0.25, -0.2) is 4.98 Å². The number of benzene rings is 1. The lowest BCUT2D eigenvalue weighted by atomic mass is 10.1. The third-order valence-corrected chi connectivity index (χ3v) is 2.99. The van der Waals surface area contributed by atoms with Gasteiger partial charge in [0.2, 0.25) is 0 Å². The van der Waals surface area contributed by atoms with Crippen molar-refractivity contribution in [3.63, 3.8) is 0 Å². The predicted octanol–water partition coefficient (Wildman–Crippen LogP) is 3.93. The summed E-state index contributed by atoms with van der Waals surface area (Å²) in [5, 5.41) is -2.10. The van der Waals surface area contributed by atoms with Crippen LogP contribution in [-0.2, 0) is 7.05 Å². The first-order chi connectivity index (χ1) is 8.41. The van der Waals surface area contributed by atoms with Crippen molar-refractivity contribution in [1.29, 1.82) is 0 Å². The molecule has 2 rings (SSSR count). The molecule has 0 saturated carbocycles. The topological polar surface area (TPSA) is 17.8 Å². The number of halogens is 4. The molecule has 1 aromatic carbocycles. The van der Waals surface area contributed by atoms with E-state index in [0.29, 0.717) is 11.3 Å². The van der Waals surface area contributed by atoms with Gasteiger partial charge in [0.15, 0.2) is 5.38 Å². The molecule has 2 aromatic rings. The molecule has 18 heavy (non-hydrogen) atoms. The minimum atomic E-state index is -4.51. The Balaban J connectivity index is 2.53. The number of hydrogen-bond donors (Lipinski definition) is 0. The van der Waals surface area contributed by atoms with Crippen molar-refractivity contribution in [3.05, 3.63) is 42.4 Å². The normalized spacial score (nSPS) is 13.6. The highest BCUT2D eigenvalue weighted by Crippen LogP contribution is 2.41. The van der Waals surface area contributed by atoms with Crippen molar-refractivity contribution in [2.45, 2.75) is 11.6 Å². The van der Waals surface area contributed by atoms with Gasteiger partial charge in [-0.2, -0.15) is 13.2 Å². The van der Waals surface area contributed by atoms with Gasteiger partial charge in [0.1, 0.15) is 0 Å². The largest absolute Gasteiger partial charge is 0.410 e. The highest BCUT2D eigenvalue weighted by Gasteiger charge is 2.42. The maximum absolute atomic E-state index is 12.7. The molecule has 0 spiro atoms. The van der Waals surface area contributed by atoms with Crippen LogP contribution in [0.15, 0.2) is 36.7 Å². The molecule has 0 fully saturated rings. The smallest absolute Gasteiger partial charge is 0.333 e. The SMILES string of the molecule is Cn1cnc(C(Cl)C(F)(F)F)c1-c1ccccc1. The fraction of sp³-hybridized carbons (Fsp3) is 0.250. The van der Waals surface area contributed by atoms with Crippen LogP contribution in [0.4, 0.5) is 13.2 Å². The molecular formula is C12H10ClF3N2. The van der Waals surface area contributed by atoms with Crippen LogP contribution in [0.1, 0.15) is 11.1 Å². The monoisotopic (exact) mass is 274 g/mol. The summed E-state index contributed by atoms with van der Waals surface area (Å²) in [6.45, 7) is 0. The van der Waals surface area contributed by atoms with E-state index in [1.54, 1.807) is 37.4 Å². The fourth-order valence-corrected chi connectivity index (χ4v) is 1.90. The van der Waals surface area contributed by atoms with Crippen LogP contribution in [0.2, 0.25) is 0 Å². The van der Waals surface area contributed by atoms with Gasteiger partial charge >= 0.3 is 6.18 Å². The van der Waals surface area contributed by atoms with Crippen molar-refractivity contribution >= 4 is 11.6 Å². The Morgan fingerprint density at radius 2 is 1.83 bits per heavy atom. The molecule has 6 heteroatoms. The molecule has 1 aromatic heterocycles. The number of nitrogens with zero attached hydrogens (tertiary/aromatic N) is 2. The lowest BCUT2D eigenvalue weighted by Crippen LogP contribution is -2.17. The fourth-order valence-electron chi connectivity index (χ4n) is 1.74. The third-order valence-electron chi connectivity index (χ3n) is 2.54. The average molecular weight is 275 g/mol. The maximum Gasteiger partial charge on any atom is 0.410 e. The molecule has 0 aliphatic heterocycles. The summed E-state index contributed by atoms with van der Waals surface area (Å²) in [5.74, 6) is 0. The molecule has 2 nitrogen and oxygen atoms in total. The number of aromatic nitrogens is 2. The first kappa shape index (κ1) is 13.0. The Morgan fingerprint density at radius 3 is 2.39 bits per heavy atom. The van der Waals surface area contributed by atoms with Crippen molar-refractivity contribution < 1.29 is 13.2 Å². The van der Waals surface area contributed by atoms with Crippen molar-refractivity contribution in [2.75, 3.05) is 0 Å². The van der Waals surface area contributed by atoms with E-state index in [0.717, 1.165) is 0 Å². The second-order valence-corrected chi connectivity index (χ2v) is 4.30. The first-order valence-corrected chi connectivity index (χ1v) is 5.62. The van der Waals surface area contributed by atoms with Crippen LogP contribution < -0.4 is 0 Å². The Labute approximate surface area is 107 Å². The summed E-state index contributed by atoms with van der Waals surface area (Å²) >= 11 is 5.45. The second kappa shape index (κ2) is 4.65. The van der Waals surface area contributed by atoms with E-state index in [4.69, 9.17) is 11.6 Å². The van der Waals surface area contributed by atoms with Crippen molar-refractivity contribution in [2.24, 2.45) is 7.05 Å². The molecule has 0 aliphatic carbocycles. The molecular weight excluding hydrogens is 265 g/mol. The van der Waals surface area contributed by atoms with Gasteiger partial charge in [-0.15, -0.1) is 11.6 Å². The van der Waals surface area contributed by atoms with Gasteiger partial charge in [-0.3, -0.25) is 0 Å².